The molecule has 2 aliphatic rings. The number of carboxylic acid groups (broad SMARTS) is 1. The predicted octanol–water partition coefficient (Wildman–Crippen LogP) is -0.475. The first-order valence-corrected chi connectivity index (χ1v) is 9.13. The summed E-state index contributed by atoms with van der Waals surface area (Å²) >= 11 is 0. The van der Waals surface area contributed by atoms with Crippen molar-refractivity contribution >= 4 is 5.97 Å². The van der Waals surface area contributed by atoms with Gasteiger partial charge in [-0.3, -0.25) is 4.79 Å². The van der Waals surface area contributed by atoms with Crippen molar-refractivity contribution in [1.82, 2.24) is 4.73 Å². The zero-order chi connectivity index (χ0) is 19.7. The summed E-state index contributed by atoms with van der Waals surface area (Å²) in [6, 6.07) is 3.19. The number of rotatable bonds is 4. The Bertz CT molecular complexity index is 741. The minimum Gasteiger partial charge on any atom is -0.479 e. The van der Waals surface area contributed by atoms with Gasteiger partial charge in [0.05, 0.1) is 5.69 Å². The van der Waals surface area contributed by atoms with Crippen LogP contribution in [-0.2, 0) is 9.53 Å². The number of aryl methyl sites for hydroxylation is 1. The van der Waals surface area contributed by atoms with Gasteiger partial charge in [-0.25, -0.2) is 4.79 Å². The van der Waals surface area contributed by atoms with E-state index in [0.29, 0.717) is 5.69 Å². The highest BCUT2D eigenvalue weighted by molar-refractivity contribution is 5.73. The molecule has 0 spiro atoms. The van der Waals surface area contributed by atoms with Gasteiger partial charge in [0, 0.05) is 12.0 Å². The van der Waals surface area contributed by atoms with Crippen LogP contribution in [0, 0.1) is 6.92 Å². The molecule has 5 atom stereocenters. The highest BCUT2D eigenvalue weighted by Crippen LogP contribution is 2.32. The lowest BCUT2D eigenvalue weighted by atomic mass is 9.86. The molecular formula is C18H25NO8. The van der Waals surface area contributed by atoms with E-state index >= 15 is 0 Å². The summed E-state index contributed by atoms with van der Waals surface area (Å²) in [5, 5.41) is 39.0. The van der Waals surface area contributed by atoms with E-state index in [-0.39, 0.29) is 5.92 Å². The summed E-state index contributed by atoms with van der Waals surface area (Å²) in [6.07, 6.45) is -3.76. The van der Waals surface area contributed by atoms with E-state index in [1.807, 2.05) is 6.07 Å². The molecule has 150 valence electrons. The van der Waals surface area contributed by atoms with Crippen LogP contribution in [0.3, 0.4) is 0 Å². The van der Waals surface area contributed by atoms with E-state index in [1.165, 1.54) is 6.07 Å². The number of aliphatic carboxylic acids is 1. The molecular weight excluding hydrogens is 358 g/mol. The summed E-state index contributed by atoms with van der Waals surface area (Å²) < 4.78 is 6.15. The molecule has 27 heavy (non-hydrogen) atoms. The summed E-state index contributed by atoms with van der Waals surface area (Å²) in [5.74, 6) is -1.41. The van der Waals surface area contributed by atoms with Crippen LogP contribution in [-0.4, -0.2) is 61.8 Å². The fourth-order valence-corrected chi connectivity index (χ4v) is 3.75. The Labute approximate surface area is 155 Å². The molecule has 1 aromatic heterocycles. The second kappa shape index (κ2) is 7.97. The van der Waals surface area contributed by atoms with E-state index in [2.05, 4.69) is 0 Å². The van der Waals surface area contributed by atoms with Gasteiger partial charge in [0.1, 0.15) is 18.3 Å². The minimum absolute atomic E-state index is 0.0952. The van der Waals surface area contributed by atoms with Gasteiger partial charge in [-0.2, -0.15) is 0 Å². The fourth-order valence-electron chi connectivity index (χ4n) is 3.75. The number of aromatic nitrogens is 1. The van der Waals surface area contributed by atoms with Crippen molar-refractivity contribution in [3.63, 3.8) is 0 Å². The van der Waals surface area contributed by atoms with E-state index < -0.39 is 42.2 Å². The maximum Gasteiger partial charge on any atom is 0.335 e. The topological polar surface area (TPSA) is 138 Å². The van der Waals surface area contributed by atoms with Crippen LogP contribution < -0.4 is 10.4 Å². The molecule has 0 aromatic carbocycles. The van der Waals surface area contributed by atoms with Crippen LogP contribution in [0.4, 0.5) is 0 Å². The maximum absolute atomic E-state index is 12.5. The van der Waals surface area contributed by atoms with Crippen LogP contribution in [0.25, 0.3) is 0 Å². The smallest absolute Gasteiger partial charge is 0.335 e. The molecule has 2 fully saturated rings. The molecule has 0 radical (unpaired) electrons. The predicted molar refractivity (Wildman–Crippen MR) is 92.2 cm³/mol. The molecule has 0 unspecified atom stereocenters. The van der Waals surface area contributed by atoms with Gasteiger partial charge in [0.25, 0.3) is 11.8 Å². The Hall–Kier alpha value is -1.94. The van der Waals surface area contributed by atoms with E-state index in [1.54, 1.807) is 6.92 Å². The van der Waals surface area contributed by atoms with Crippen molar-refractivity contribution < 1.29 is 34.8 Å². The van der Waals surface area contributed by atoms with Gasteiger partial charge in [-0.15, -0.1) is 4.73 Å². The zero-order valence-electron chi connectivity index (χ0n) is 15.0. The Morgan fingerprint density at radius 2 is 1.78 bits per heavy atom. The summed E-state index contributed by atoms with van der Waals surface area (Å²) in [5.41, 5.74) is 0.922. The molecule has 4 N–H and O–H groups in total. The van der Waals surface area contributed by atoms with Gasteiger partial charge in [-0.05, 0) is 31.4 Å². The Kier molecular flexibility index (Phi) is 5.85. The molecule has 0 amide bonds. The average molecular weight is 383 g/mol. The zero-order valence-corrected chi connectivity index (χ0v) is 15.0. The van der Waals surface area contributed by atoms with Crippen LogP contribution >= 0.6 is 0 Å². The molecule has 9 nitrogen and oxygen atoms in total. The Balaban J connectivity index is 1.92. The number of pyridine rings is 1. The summed E-state index contributed by atoms with van der Waals surface area (Å²) in [7, 11) is 0. The third-order valence-corrected chi connectivity index (χ3v) is 5.21. The number of aliphatic hydroxyl groups is 3. The number of aliphatic hydroxyl groups excluding tert-OH is 3. The average Bonchev–Trinajstić information content (AvgIpc) is 2.64. The minimum atomic E-state index is -1.81. The summed E-state index contributed by atoms with van der Waals surface area (Å²) in [6.45, 7) is 1.80. The van der Waals surface area contributed by atoms with Gasteiger partial charge in [-0.1, -0.05) is 19.3 Å². The van der Waals surface area contributed by atoms with Crippen molar-refractivity contribution in [1.29, 1.82) is 0 Å². The Morgan fingerprint density at radius 1 is 1.11 bits per heavy atom. The van der Waals surface area contributed by atoms with Gasteiger partial charge >= 0.3 is 5.97 Å². The van der Waals surface area contributed by atoms with Crippen molar-refractivity contribution in [3.05, 3.63) is 33.7 Å². The molecule has 1 aliphatic heterocycles. The molecule has 0 bridgehead atoms. The van der Waals surface area contributed by atoms with Crippen LogP contribution in [0.5, 0.6) is 0 Å². The van der Waals surface area contributed by atoms with Gasteiger partial charge in [0.2, 0.25) is 0 Å². The second-order valence-corrected chi connectivity index (χ2v) is 7.27. The van der Waals surface area contributed by atoms with E-state index in [9.17, 15) is 24.9 Å². The number of hydrogen-bond acceptors (Lipinski definition) is 7. The molecule has 1 saturated heterocycles. The van der Waals surface area contributed by atoms with Crippen molar-refractivity contribution in [2.45, 2.75) is 75.7 Å². The maximum atomic E-state index is 12.5. The van der Waals surface area contributed by atoms with Crippen LogP contribution in [0.1, 0.15) is 49.3 Å². The quantitative estimate of drug-likeness (QED) is 0.547. The Morgan fingerprint density at radius 3 is 2.41 bits per heavy atom. The molecule has 9 heteroatoms. The molecule has 2 heterocycles. The van der Waals surface area contributed by atoms with Crippen molar-refractivity contribution in [3.8, 4) is 0 Å². The molecule has 1 aliphatic carbocycles. The number of carboxylic acids is 1. The van der Waals surface area contributed by atoms with Crippen molar-refractivity contribution in [2.75, 3.05) is 0 Å². The standard InChI is InChI=1S/C18H25NO8/c1-9-7-11(10-5-3-2-4-6-10)19(12(20)8-9)27-18-15(23)13(21)14(22)16(26-18)17(24)25/h7-8,10,13-16,18,21-23H,2-6H2,1H3,(H,24,25)/t13-,14-,15-,16+,18-/m1/s1. The number of ether oxygens (including phenoxy) is 1. The normalized spacial score (nSPS) is 32.2. The first-order valence-electron chi connectivity index (χ1n) is 9.13. The lowest BCUT2D eigenvalue weighted by Crippen LogP contribution is -2.62. The number of hydrogen-bond donors (Lipinski definition) is 4. The van der Waals surface area contributed by atoms with Crippen LogP contribution in [0.2, 0.25) is 0 Å². The first kappa shape index (κ1) is 19.8. The van der Waals surface area contributed by atoms with Crippen molar-refractivity contribution in [2.24, 2.45) is 0 Å². The number of nitrogens with zero attached hydrogens (tertiary/aromatic N) is 1. The van der Waals surface area contributed by atoms with Gasteiger partial charge < -0.3 is 30.0 Å². The highest BCUT2D eigenvalue weighted by Gasteiger charge is 2.48. The highest BCUT2D eigenvalue weighted by atomic mass is 16.8. The van der Waals surface area contributed by atoms with E-state index in [4.69, 9.17) is 14.7 Å². The third kappa shape index (κ3) is 4.01. The lowest BCUT2D eigenvalue weighted by Gasteiger charge is -2.38. The third-order valence-electron chi connectivity index (χ3n) is 5.21. The molecule has 1 aromatic rings. The summed E-state index contributed by atoms with van der Waals surface area (Å²) in [4.78, 5) is 29.3. The van der Waals surface area contributed by atoms with Gasteiger partial charge in [0.15, 0.2) is 6.10 Å². The second-order valence-electron chi connectivity index (χ2n) is 7.27. The monoisotopic (exact) mass is 383 g/mol. The molecule has 3 rings (SSSR count). The largest absolute Gasteiger partial charge is 0.479 e. The SMILES string of the molecule is Cc1cc(C2CCCCC2)n(O[C@H]2O[C@H](C(=O)O)[C@H](O)[C@@H](O)[C@H]2O)c(=O)c1. The first-order chi connectivity index (χ1) is 12.8. The van der Waals surface area contributed by atoms with E-state index in [0.717, 1.165) is 42.4 Å². The number of carbonyl (C=O) groups is 1. The molecule has 1 saturated carbocycles. The fraction of sp³-hybridized carbons (Fsp3) is 0.667. The van der Waals surface area contributed by atoms with Crippen LogP contribution in [0.15, 0.2) is 16.9 Å². The lowest BCUT2D eigenvalue weighted by molar-refractivity contribution is -0.295.